The number of H-pyrrole nitrogens is 1. The van der Waals surface area contributed by atoms with Gasteiger partial charge in [0.15, 0.2) is 0 Å². The standard InChI is InChI=1S/C12H16N2/c1-14(2)8-7-10-9-13-12-6-4-3-5-11(10)12/h3-6,9,13H,7-8H2,1-2H3/i1D3,2D3,7D2,8D2. The van der Waals surface area contributed by atoms with Crippen molar-refractivity contribution in [1.82, 2.24) is 9.88 Å². The van der Waals surface area contributed by atoms with Crippen molar-refractivity contribution in [2.75, 3.05) is 20.4 Å². The number of rotatable bonds is 3. The number of benzene rings is 1. The lowest BCUT2D eigenvalue weighted by Gasteiger charge is -2.07. The Kier molecular flexibility index (Phi) is 0.852. The Morgan fingerprint density at radius 1 is 1.43 bits per heavy atom. The van der Waals surface area contributed by atoms with E-state index in [1.54, 1.807) is 24.3 Å². The van der Waals surface area contributed by atoms with Gasteiger partial charge in [0.2, 0.25) is 0 Å². The van der Waals surface area contributed by atoms with E-state index in [4.69, 9.17) is 13.7 Å². The lowest BCUT2D eigenvalue weighted by Crippen LogP contribution is -2.14. The molecule has 0 aliphatic heterocycles. The zero-order chi connectivity index (χ0) is 18.6. The number of aromatic nitrogens is 1. The smallest absolute Gasteiger partial charge is 0.0456 e. The summed E-state index contributed by atoms with van der Waals surface area (Å²) in [6.45, 7) is -10.0. The quantitative estimate of drug-likeness (QED) is 0.801. The van der Waals surface area contributed by atoms with Gasteiger partial charge < -0.3 is 9.88 Å². The van der Waals surface area contributed by atoms with Crippen LogP contribution in [-0.4, -0.2) is 30.3 Å². The number of fused-ring (bicyclic) bond motifs is 1. The molecule has 0 bridgehead atoms. The van der Waals surface area contributed by atoms with E-state index in [1.165, 1.54) is 6.20 Å². The van der Waals surface area contributed by atoms with Crippen LogP contribution in [0.15, 0.2) is 30.5 Å². The van der Waals surface area contributed by atoms with E-state index in [-0.39, 0.29) is 10.5 Å². The summed E-state index contributed by atoms with van der Waals surface area (Å²) < 4.78 is 76.6. The summed E-state index contributed by atoms with van der Waals surface area (Å²) >= 11 is 0. The van der Waals surface area contributed by atoms with Gasteiger partial charge in [-0.05, 0) is 32.0 Å². The molecule has 0 fully saturated rings. The number of hydrogen-bond donors (Lipinski definition) is 1. The Bertz CT molecular complexity index is 713. The van der Waals surface area contributed by atoms with Crippen LogP contribution in [0.3, 0.4) is 0 Å². The van der Waals surface area contributed by atoms with E-state index in [0.717, 1.165) is 0 Å². The topological polar surface area (TPSA) is 19.0 Å². The van der Waals surface area contributed by atoms with Crippen LogP contribution in [0.1, 0.15) is 19.3 Å². The minimum atomic E-state index is -3.35. The van der Waals surface area contributed by atoms with Crippen molar-refractivity contribution in [3.63, 3.8) is 0 Å². The maximum absolute atomic E-state index is 8.19. The normalized spacial score (nSPS) is 25.8. The number of aromatic amines is 1. The molecule has 2 rings (SSSR count). The highest BCUT2D eigenvalue weighted by molar-refractivity contribution is 5.83. The van der Waals surface area contributed by atoms with Crippen molar-refractivity contribution in [2.45, 2.75) is 6.37 Å². The second kappa shape index (κ2) is 3.84. The lowest BCUT2D eigenvalue weighted by molar-refractivity contribution is 0.414. The molecule has 2 aromatic rings. The SMILES string of the molecule is [2H]C([2H])([2H])N(C([2H])([2H])[2H])C([2H])([2H])C([2H])([2H])c1c[nH]c2ccccc12. The molecule has 74 valence electrons. The number of nitrogens with zero attached hydrogens (tertiary/aromatic N) is 1. The molecule has 0 unspecified atom stereocenters. The number of likely N-dealkylation sites (N-methyl/N-ethyl adjacent to an activating group) is 1. The molecule has 0 spiro atoms. The monoisotopic (exact) mass is 198 g/mol. The Morgan fingerprint density at radius 2 is 2.29 bits per heavy atom. The van der Waals surface area contributed by atoms with Gasteiger partial charge in [0, 0.05) is 37.3 Å². The number of nitrogens with one attached hydrogen (secondary N) is 1. The first-order valence-electron chi connectivity index (χ1n) is 9.08. The third kappa shape index (κ3) is 1.80. The molecule has 2 heteroatoms. The van der Waals surface area contributed by atoms with Crippen LogP contribution in [0.2, 0.25) is 0 Å². The predicted molar refractivity (Wildman–Crippen MR) is 60.6 cm³/mol. The van der Waals surface area contributed by atoms with Crippen LogP contribution >= 0.6 is 0 Å². The fraction of sp³-hybridized carbons (Fsp3) is 0.333. The second-order valence-electron chi connectivity index (χ2n) is 2.82. The maximum Gasteiger partial charge on any atom is 0.0456 e. The summed E-state index contributed by atoms with van der Waals surface area (Å²) in [6, 6.07) is 6.51. The van der Waals surface area contributed by atoms with Gasteiger partial charge in [-0.3, -0.25) is 0 Å². The van der Waals surface area contributed by atoms with E-state index >= 15 is 0 Å². The minimum absolute atomic E-state index is 0.151. The Morgan fingerprint density at radius 3 is 3.14 bits per heavy atom. The highest BCUT2D eigenvalue weighted by Crippen LogP contribution is 2.17. The average molecular weight is 198 g/mol. The van der Waals surface area contributed by atoms with Gasteiger partial charge in [0.1, 0.15) is 0 Å². The van der Waals surface area contributed by atoms with Crippen molar-refractivity contribution in [2.24, 2.45) is 0 Å². The van der Waals surface area contributed by atoms with Crippen LogP contribution in [0, 0.1) is 0 Å². The molecular formula is C12H16N2. The van der Waals surface area contributed by atoms with Gasteiger partial charge in [-0.15, -0.1) is 0 Å². The molecule has 1 N–H and O–H groups in total. The molecule has 1 aromatic heterocycles. The summed E-state index contributed by atoms with van der Waals surface area (Å²) in [4.78, 5) is 2.41. The molecule has 2 nitrogen and oxygen atoms in total. The third-order valence-electron chi connectivity index (χ3n) is 1.89. The maximum atomic E-state index is 8.19. The third-order valence-corrected chi connectivity index (χ3v) is 1.89. The van der Waals surface area contributed by atoms with Crippen molar-refractivity contribution in [3.05, 3.63) is 36.0 Å². The van der Waals surface area contributed by atoms with Crippen LogP contribution in [0.25, 0.3) is 10.9 Å². The van der Waals surface area contributed by atoms with Gasteiger partial charge in [-0.1, -0.05) is 18.2 Å². The number of hydrogen-bond acceptors (Lipinski definition) is 1. The van der Waals surface area contributed by atoms with E-state index in [2.05, 4.69) is 4.98 Å². The molecule has 0 aliphatic carbocycles. The molecule has 0 amide bonds. The highest BCUT2D eigenvalue weighted by atomic mass is 15.0. The molecule has 0 radical (unpaired) electrons. The minimum Gasteiger partial charge on any atom is -0.361 e. The van der Waals surface area contributed by atoms with E-state index in [1.807, 2.05) is 0 Å². The summed E-state index contributed by atoms with van der Waals surface area (Å²) in [5, 5.41) is 0.349. The molecule has 0 aliphatic rings. The van der Waals surface area contributed by atoms with Gasteiger partial charge in [0.05, 0.1) is 0 Å². The molecule has 0 saturated carbocycles. The fourth-order valence-electron chi connectivity index (χ4n) is 1.29. The molecule has 1 heterocycles. The largest absolute Gasteiger partial charge is 0.361 e. The average Bonchev–Trinajstić information content (AvgIpc) is 2.78. The lowest BCUT2D eigenvalue weighted by atomic mass is 10.1. The Balaban J connectivity index is 2.64. The zero-order valence-electron chi connectivity index (χ0n) is 17.3. The van der Waals surface area contributed by atoms with Crippen LogP contribution < -0.4 is 0 Å². The van der Waals surface area contributed by atoms with Gasteiger partial charge in [0.25, 0.3) is 0 Å². The molecule has 14 heavy (non-hydrogen) atoms. The zero-order valence-corrected chi connectivity index (χ0v) is 7.33. The predicted octanol–water partition coefficient (Wildman–Crippen LogP) is 2.27. The molecule has 0 atom stereocenters. The van der Waals surface area contributed by atoms with Crippen LogP contribution in [-0.2, 0) is 6.37 Å². The van der Waals surface area contributed by atoms with E-state index < -0.39 is 26.8 Å². The number of aryl methyl sites for hydroxylation is 1. The fourth-order valence-corrected chi connectivity index (χ4v) is 1.29. The summed E-state index contributed by atoms with van der Waals surface area (Å²) in [6.07, 6.45) is -1.69. The molecule has 1 aromatic carbocycles. The first-order valence-corrected chi connectivity index (χ1v) is 4.08. The number of para-hydroxylation sites is 1. The van der Waals surface area contributed by atoms with Crippen molar-refractivity contribution < 1.29 is 13.7 Å². The van der Waals surface area contributed by atoms with Gasteiger partial charge in [-0.2, -0.15) is 0 Å². The van der Waals surface area contributed by atoms with Gasteiger partial charge in [-0.25, -0.2) is 0 Å². The summed E-state index contributed by atoms with van der Waals surface area (Å²) in [5.74, 6) is 0. The van der Waals surface area contributed by atoms with E-state index in [9.17, 15) is 0 Å². The second-order valence-corrected chi connectivity index (χ2v) is 2.82. The Hall–Kier alpha value is -1.28. The van der Waals surface area contributed by atoms with Gasteiger partial charge >= 0.3 is 0 Å². The molecule has 0 saturated heterocycles. The summed E-state index contributed by atoms with van der Waals surface area (Å²) in [5.41, 5.74) is 0.378. The van der Waals surface area contributed by atoms with Crippen molar-refractivity contribution in [3.8, 4) is 0 Å². The highest BCUT2D eigenvalue weighted by Gasteiger charge is 2.02. The molecular weight excluding hydrogens is 172 g/mol. The first kappa shape index (κ1) is 3.11. The van der Waals surface area contributed by atoms with Crippen molar-refractivity contribution >= 4 is 10.9 Å². The Labute approximate surface area is 98.6 Å². The first-order chi connectivity index (χ1) is 10.7. The van der Waals surface area contributed by atoms with E-state index in [0.29, 0.717) is 10.9 Å². The van der Waals surface area contributed by atoms with Crippen LogP contribution in [0.5, 0.6) is 0 Å². The van der Waals surface area contributed by atoms with Crippen LogP contribution in [0.4, 0.5) is 0 Å². The van der Waals surface area contributed by atoms with Crippen molar-refractivity contribution in [1.29, 1.82) is 0 Å². The summed E-state index contributed by atoms with van der Waals surface area (Å²) in [7, 11) is 0.